The van der Waals surface area contributed by atoms with Crippen LogP contribution in [0.15, 0.2) is 0 Å². The highest BCUT2D eigenvalue weighted by Gasteiger charge is 2.50. The van der Waals surface area contributed by atoms with Gasteiger partial charge in [-0.25, -0.2) is 0 Å². The lowest BCUT2D eigenvalue weighted by Crippen LogP contribution is -2.59. The van der Waals surface area contributed by atoms with Gasteiger partial charge in [0.15, 0.2) is 0 Å². The van der Waals surface area contributed by atoms with Gasteiger partial charge in [0.25, 0.3) is 0 Å². The number of hydrogen-bond donors (Lipinski definition) is 1. The zero-order chi connectivity index (χ0) is 11.9. The van der Waals surface area contributed by atoms with E-state index in [9.17, 15) is 0 Å². The van der Waals surface area contributed by atoms with E-state index < -0.39 is 0 Å². The molecule has 1 aliphatic carbocycles. The molecular formula is C14H28N2. The fourth-order valence-corrected chi connectivity index (χ4v) is 4.44. The number of nitrogens with zero attached hydrogens (tertiary/aromatic N) is 1. The van der Waals surface area contributed by atoms with Gasteiger partial charge in [-0.05, 0) is 51.4 Å². The predicted octanol–water partition coefficient (Wildman–Crippen LogP) is 2.62. The van der Waals surface area contributed by atoms with E-state index in [-0.39, 0.29) is 0 Å². The third-order valence-electron chi connectivity index (χ3n) is 4.78. The van der Waals surface area contributed by atoms with Crippen LogP contribution in [0.25, 0.3) is 0 Å². The summed E-state index contributed by atoms with van der Waals surface area (Å²) >= 11 is 0. The Labute approximate surface area is 101 Å². The summed E-state index contributed by atoms with van der Waals surface area (Å²) in [5.41, 5.74) is 6.78. The Bertz CT molecular complexity index is 239. The first-order chi connectivity index (χ1) is 7.45. The summed E-state index contributed by atoms with van der Waals surface area (Å²) in [6.07, 6.45) is 5.21. The molecular weight excluding hydrogens is 196 g/mol. The van der Waals surface area contributed by atoms with Crippen molar-refractivity contribution >= 4 is 0 Å². The van der Waals surface area contributed by atoms with Crippen LogP contribution in [0.3, 0.4) is 0 Å². The van der Waals surface area contributed by atoms with E-state index in [1.54, 1.807) is 0 Å². The van der Waals surface area contributed by atoms with Crippen molar-refractivity contribution in [2.75, 3.05) is 6.54 Å². The summed E-state index contributed by atoms with van der Waals surface area (Å²) in [5.74, 6) is 1.68. The van der Waals surface area contributed by atoms with E-state index in [1.165, 1.54) is 32.2 Å². The fraction of sp³-hybridized carbons (Fsp3) is 1.00. The highest BCUT2D eigenvalue weighted by molar-refractivity contribution is 5.08. The molecule has 1 heterocycles. The maximum absolute atomic E-state index is 6.46. The molecule has 1 saturated carbocycles. The summed E-state index contributed by atoms with van der Waals surface area (Å²) in [6, 6.07) is 1.05. The van der Waals surface area contributed by atoms with Crippen molar-refractivity contribution in [3.63, 3.8) is 0 Å². The summed E-state index contributed by atoms with van der Waals surface area (Å²) in [7, 11) is 0. The van der Waals surface area contributed by atoms with Crippen LogP contribution in [0.2, 0.25) is 0 Å². The average Bonchev–Trinajstić information content (AvgIpc) is 2.42. The number of rotatable bonds is 1. The van der Waals surface area contributed by atoms with Gasteiger partial charge in [0.2, 0.25) is 0 Å². The molecule has 0 aromatic carbocycles. The van der Waals surface area contributed by atoms with Crippen LogP contribution >= 0.6 is 0 Å². The van der Waals surface area contributed by atoms with Gasteiger partial charge in [0.1, 0.15) is 0 Å². The lowest BCUT2D eigenvalue weighted by Gasteiger charge is -2.50. The standard InChI is InChI=1S/C14H28N2/c1-10(2)16-6-5-13(15)14(16)8-11(3)7-12(4)9-14/h10-13H,5-9,15H2,1-4H3. The van der Waals surface area contributed by atoms with E-state index in [1.807, 2.05) is 0 Å². The second-order valence-corrected chi connectivity index (χ2v) is 6.64. The van der Waals surface area contributed by atoms with Gasteiger partial charge in [-0.1, -0.05) is 13.8 Å². The molecule has 16 heavy (non-hydrogen) atoms. The molecule has 1 aliphatic heterocycles. The molecule has 3 unspecified atom stereocenters. The Hall–Kier alpha value is -0.0800. The second kappa shape index (κ2) is 4.30. The first-order valence-corrected chi connectivity index (χ1v) is 6.98. The van der Waals surface area contributed by atoms with E-state index >= 15 is 0 Å². The minimum Gasteiger partial charge on any atom is -0.326 e. The maximum Gasteiger partial charge on any atom is 0.0368 e. The van der Waals surface area contributed by atoms with Crippen molar-refractivity contribution in [2.24, 2.45) is 17.6 Å². The van der Waals surface area contributed by atoms with E-state index in [2.05, 4.69) is 32.6 Å². The van der Waals surface area contributed by atoms with Crippen molar-refractivity contribution in [2.45, 2.75) is 71.0 Å². The second-order valence-electron chi connectivity index (χ2n) is 6.64. The Morgan fingerprint density at radius 3 is 2.25 bits per heavy atom. The molecule has 2 N–H and O–H groups in total. The summed E-state index contributed by atoms with van der Waals surface area (Å²) in [4.78, 5) is 2.70. The van der Waals surface area contributed by atoms with Gasteiger partial charge >= 0.3 is 0 Å². The molecule has 2 heteroatoms. The lowest BCUT2D eigenvalue weighted by atomic mass is 9.68. The SMILES string of the molecule is CC1CC(C)CC2(C1)C(N)CCN2C(C)C. The molecule has 2 fully saturated rings. The van der Waals surface area contributed by atoms with Gasteiger partial charge in [-0.15, -0.1) is 0 Å². The first-order valence-electron chi connectivity index (χ1n) is 6.98. The third kappa shape index (κ3) is 1.91. The summed E-state index contributed by atoms with van der Waals surface area (Å²) < 4.78 is 0. The van der Waals surface area contributed by atoms with Crippen molar-refractivity contribution in [1.82, 2.24) is 4.90 Å². The van der Waals surface area contributed by atoms with Gasteiger partial charge < -0.3 is 5.73 Å². The molecule has 1 spiro atoms. The Kier molecular flexibility index (Phi) is 3.33. The maximum atomic E-state index is 6.46. The molecule has 0 aromatic heterocycles. The highest BCUT2D eigenvalue weighted by Crippen LogP contribution is 2.46. The zero-order valence-corrected chi connectivity index (χ0v) is 11.4. The normalized spacial score (nSPS) is 45.8. The van der Waals surface area contributed by atoms with Crippen LogP contribution in [-0.4, -0.2) is 29.1 Å². The quantitative estimate of drug-likeness (QED) is 0.742. The van der Waals surface area contributed by atoms with Crippen LogP contribution in [0.1, 0.15) is 53.4 Å². The highest BCUT2D eigenvalue weighted by atomic mass is 15.3. The molecule has 94 valence electrons. The third-order valence-corrected chi connectivity index (χ3v) is 4.78. The number of likely N-dealkylation sites (tertiary alicyclic amines) is 1. The molecule has 3 atom stereocenters. The summed E-state index contributed by atoms with van der Waals surface area (Å²) in [6.45, 7) is 10.7. The summed E-state index contributed by atoms with van der Waals surface area (Å²) in [5, 5.41) is 0. The molecule has 2 nitrogen and oxygen atoms in total. The minimum absolute atomic E-state index is 0.325. The minimum atomic E-state index is 0.325. The first kappa shape index (κ1) is 12.4. The molecule has 0 amide bonds. The molecule has 2 aliphatic rings. The van der Waals surface area contributed by atoms with E-state index in [0.29, 0.717) is 17.6 Å². The number of hydrogen-bond acceptors (Lipinski definition) is 2. The fourth-order valence-electron chi connectivity index (χ4n) is 4.44. The molecule has 2 rings (SSSR count). The zero-order valence-electron chi connectivity index (χ0n) is 11.4. The smallest absolute Gasteiger partial charge is 0.0368 e. The van der Waals surface area contributed by atoms with Gasteiger partial charge in [0, 0.05) is 24.2 Å². The molecule has 0 bridgehead atoms. The average molecular weight is 224 g/mol. The largest absolute Gasteiger partial charge is 0.326 e. The van der Waals surface area contributed by atoms with Crippen LogP contribution in [-0.2, 0) is 0 Å². The monoisotopic (exact) mass is 224 g/mol. The van der Waals surface area contributed by atoms with Gasteiger partial charge in [-0.3, -0.25) is 4.90 Å². The van der Waals surface area contributed by atoms with Crippen molar-refractivity contribution < 1.29 is 0 Å². The van der Waals surface area contributed by atoms with Crippen molar-refractivity contribution in [3.8, 4) is 0 Å². The predicted molar refractivity (Wildman–Crippen MR) is 69.3 cm³/mol. The molecule has 0 radical (unpaired) electrons. The Morgan fingerprint density at radius 1 is 1.19 bits per heavy atom. The van der Waals surface area contributed by atoms with E-state index in [4.69, 9.17) is 5.73 Å². The lowest BCUT2D eigenvalue weighted by molar-refractivity contribution is 0.0172. The Morgan fingerprint density at radius 2 is 1.75 bits per heavy atom. The molecule has 0 aromatic rings. The van der Waals surface area contributed by atoms with Gasteiger partial charge in [-0.2, -0.15) is 0 Å². The van der Waals surface area contributed by atoms with Crippen LogP contribution in [0, 0.1) is 11.8 Å². The van der Waals surface area contributed by atoms with Crippen molar-refractivity contribution in [3.05, 3.63) is 0 Å². The van der Waals surface area contributed by atoms with E-state index in [0.717, 1.165) is 11.8 Å². The molecule has 1 saturated heterocycles. The Balaban J connectivity index is 2.25. The van der Waals surface area contributed by atoms with Gasteiger partial charge in [0.05, 0.1) is 0 Å². The number of nitrogens with two attached hydrogens (primary N) is 1. The van der Waals surface area contributed by atoms with Crippen LogP contribution in [0.5, 0.6) is 0 Å². The van der Waals surface area contributed by atoms with Crippen LogP contribution < -0.4 is 5.73 Å². The topological polar surface area (TPSA) is 29.3 Å². The van der Waals surface area contributed by atoms with Crippen molar-refractivity contribution in [1.29, 1.82) is 0 Å². The van der Waals surface area contributed by atoms with Crippen LogP contribution in [0.4, 0.5) is 0 Å².